The van der Waals surface area contributed by atoms with E-state index in [1.165, 1.54) is 0 Å². The molecular formula is C30H34N4O3. The third-order valence-electron chi connectivity index (χ3n) is 6.59. The number of urea groups is 1. The van der Waals surface area contributed by atoms with E-state index in [0.29, 0.717) is 41.1 Å². The normalized spacial score (nSPS) is 11.8. The van der Waals surface area contributed by atoms with Crippen molar-refractivity contribution >= 4 is 22.6 Å². The molecule has 0 saturated carbocycles. The predicted octanol–water partition coefficient (Wildman–Crippen LogP) is 6.49. The SMILES string of the molecule is CCCCN(C(=O)Nc1ccccc1C)C(CC)c1nc2ccccc2c(=O)n1-c1ccccc1OC. The van der Waals surface area contributed by atoms with E-state index in [4.69, 9.17) is 9.72 Å². The Hall–Kier alpha value is -4.13. The average molecular weight is 499 g/mol. The highest BCUT2D eigenvalue weighted by atomic mass is 16.5. The number of anilines is 1. The van der Waals surface area contributed by atoms with E-state index in [1.54, 1.807) is 22.6 Å². The van der Waals surface area contributed by atoms with Crippen LogP contribution in [0.25, 0.3) is 16.6 Å². The molecule has 7 heteroatoms. The third-order valence-corrected chi connectivity index (χ3v) is 6.59. The Labute approximate surface area is 217 Å². The average Bonchev–Trinajstić information content (AvgIpc) is 2.92. The van der Waals surface area contributed by atoms with Crippen molar-refractivity contribution in [3.63, 3.8) is 0 Å². The van der Waals surface area contributed by atoms with E-state index < -0.39 is 6.04 Å². The first-order valence-corrected chi connectivity index (χ1v) is 12.8. The van der Waals surface area contributed by atoms with Gasteiger partial charge in [-0.25, -0.2) is 9.78 Å². The maximum atomic E-state index is 13.9. The Morgan fingerprint density at radius 1 is 1.03 bits per heavy atom. The van der Waals surface area contributed by atoms with Crippen LogP contribution in [0.3, 0.4) is 0 Å². The minimum absolute atomic E-state index is 0.196. The van der Waals surface area contributed by atoms with Gasteiger partial charge in [0.1, 0.15) is 11.6 Å². The number of methoxy groups -OCH3 is 1. The summed E-state index contributed by atoms with van der Waals surface area (Å²) in [6.45, 7) is 6.60. The second kappa shape index (κ2) is 11.7. The number of nitrogens with zero attached hydrogens (tertiary/aromatic N) is 3. The Kier molecular flexibility index (Phi) is 8.23. The molecular weight excluding hydrogens is 464 g/mol. The second-order valence-corrected chi connectivity index (χ2v) is 9.02. The fourth-order valence-electron chi connectivity index (χ4n) is 4.59. The monoisotopic (exact) mass is 498 g/mol. The Balaban J connectivity index is 1.91. The van der Waals surface area contributed by atoms with Gasteiger partial charge in [-0.2, -0.15) is 0 Å². The van der Waals surface area contributed by atoms with Gasteiger partial charge in [-0.15, -0.1) is 0 Å². The van der Waals surface area contributed by atoms with Crippen LogP contribution in [0.1, 0.15) is 50.5 Å². The number of carbonyl (C=O) groups is 1. The number of aryl methyl sites for hydroxylation is 1. The van der Waals surface area contributed by atoms with Gasteiger partial charge in [0.15, 0.2) is 0 Å². The summed E-state index contributed by atoms with van der Waals surface area (Å²) in [5.74, 6) is 1.06. The van der Waals surface area contributed by atoms with Crippen molar-refractivity contribution in [2.75, 3.05) is 19.0 Å². The Morgan fingerprint density at radius 3 is 2.46 bits per heavy atom. The summed E-state index contributed by atoms with van der Waals surface area (Å²) in [5, 5.41) is 3.60. The van der Waals surface area contributed by atoms with Crippen molar-refractivity contribution in [2.45, 2.75) is 46.1 Å². The molecule has 192 valence electrons. The number of unbranched alkanes of at least 4 members (excludes halogenated alkanes) is 1. The number of carbonyl (C=O) groups excluding carboxylic acids is 1. The largest absolute Gasteiger partial charge is 0.495 e. The van der Waals surface area contributed by atoms with Crippen molar-refractivity contribution in [2.24, 2.45) is 0 Å². The molecule has 0 spiro atoms. The van der Waals surface area contributed by atoms with Gasteiger partial charge in [0, 0.05) is 12.2 Å². The van der Waals surface area contributed by atoms with E-state index in [0.717, 1.165) is 24.1 Å². The Bertz CT molecular complexity index is 1450. The summed E-state index contributed by atoms with van der Waals surface area (Å²) in [4.78, 5) is 34.5. The minimum Gasteiger partial charge on any atom is -0.495 e. The summed E-state index contributed by atoms with van der Waals surface area (Å²) in [6.07, 6.45) is 2.32. The van der Waals surface area contributed by atoms with Crippen LogP contribution >= 0.6 is 0 Å². The van der Waals surface area contributed by atoms with Crippen LogP contribution < -0.4 is 15.6 Å². The van der Waals surface area contributed by atoms with Crippen LogP contribution in [0.5, 0.6) is 5.75 Å². The van der Waals surface area contributed by atoms with Crippen molar-refractivity contribution < 1.29 is 9.53 Å². The van der Waals surface area contributed by atoms with Gasteiger partial charge < -0.3 is 15.0 Å². The molecule has 2 amide bonds. The molecule has 0 saturated heterocycles. The number of rotatable bonds is 9. The van der Waals surface area contributed by atoms with Crippen molar-refractivity contribution in [3.8, 4) is 11.4 Å². The molecule has 1 heterocycles. The van der Waals surface area contributed by atoms with Crippen LogP contribution in [0.15, 0.2) is 77.6 Å². The van der Waals surface area contributed by atoms with Crippen molar-refractivity contribution in [1.29, 1.82) is 0 Å². The summed E-state index contributed by atoms with van der Waals surface area (Å²) in [6, 6.07) is 21.7. The quantitative estimate of drug-likeness (QED) is 0.286. The van der Waals surface area contributed by atoms with Gasteiger partial charge in [-0.05, 0) is 55.7 Å². The maximum Gasteiger partial charge on any atom is 0.322 e. The zero-order valence-electron chi connectivity index (χ0n) is 21.9. The molecule has 4 aromatic rings. The number of hydrogen-bond acceptors (Lipinski definition) is 4. The molecule has 4 rings (SSSR count). The molecule has 0 fully saturated rings. The number of ether oxygens (including phenoxy) is 1. The lowest BCUT2D eigenvalue weighted by Crippen LogP contribution is -2.41. The van der Waals surface area contributed by atoms with E-state index in [9.17, 15) is 9.59 Å². The van der Waals surface area contributed by atoms with E-state index in [1.807, 2.05) is 80.6 Å². The second-order valence-electron chi connectivity index (χ2n) is 9.02. The van der Waals surface area contributed by atoms with Gasteiger partial charge in [0.05, 0.1) is 29.7 Å². The first kappa shape index (κ1) is 25.9. The van der Waals surface area contributed by atoms with E-state index >= 15 is 0 Å². The van der Waals surface area contributed by atoms with Crippen LogP contribution in [-0.2, 0) is 0 Å². The predicted molar refractivity (Wildman–Crippen MR) is 149 cm³/mol. The van der Waals surface area contributed by atoms with Gasteiger partial charge in [0.2, 0.25) is 0 Å². The standard InChI is InChI=1S/C30H34N4O3/c1-5-7-20-33(30(36)32-23-16-10-8-14-21(23)3)25(6-2)28-31-24-17-11-9-15-22(24)29(35)34(28)26-18-12-13-19-27(26)37-4/h8-19,25H,5-7,20H2,1-4H3,(H,32,36). The lowest BCUT2D eigenvalue weighted by molar-refractivity contribution is 0.180. The number of fused-ring (bicyclic) bond motifs is 1. The number of para-hydroxylation sites is 4. The van der Waals surface area contributed by atoms with Gasteiger partial charge in [0.25, 0.3) is 5.56 Å². The molecule has 7 nitrogen and oxygen atoms in total. The first-order valence-electron chi connectivity index (χ1n) is 12.8. The highest BCUT2D eigenvalue weighted by Gasteiger charge is 2.29. The van der Waals surface area contributed by atoms with Gasteiger partial charge in [-0.1, -0.05) is 62.7 Å². The molecule has 1 unspecified atom stereocenters. The van der Waals surface area contributed by atoms with Crippen LogP contribution in [0.2, 0.25) is 0 Å². The number of nitrogens with one attached hydrogen (secondary N) is 1. The van der Waals surface area contributed by atoms with Crippen LogP contribution in [0.4, 0.5) is 10.5 Å². The number of amides is 2. The molecule has 3 aromatic carbocycles. The smallest absolute Gasteiger partial charge is 0.322 e. The van der Waals surface area contributed by atoms with Crippen molar-refractivity contribution in [1.82, 2.24) is 14.5 Å². The lowest BCUT2D eigenvalue weighted by Gasteiger charge is -2.32. The zero-order valence-corrected chi connectivity index (χ0v) is 21.9. The molecule has 0 aliphatic rings. The molecule has 0 aliphatic heterocycles. The third kappa shape index (κ3) is 5.35. The number of aromatic nitrogens is 2. The van der Waals surface area contributed by atoms with E-state index in [-0.39, 0.29) is 11.6 Å². The summed E-state index contributed by atoms with van der Waals surface area (Å²) in [7, 11) is 1.58. The first-order chi connectivity index (χ1) is 18.0. The number of hydrogen-bond donors (Lipinski definition) is 1. The molecule has 0 radical (unpaired) electrons. The Morgan fingerprint density at radius 2 is 1.73 bits per heavy atom. The molecule has 37 heavy (non-hydrogen) atoms. The highest BCUT2D eigenvalue weighted by Crippen LogP contribution is 2.30. The van der Waals surface area contributed by atoms with E-state index in [2.05, 4.69) is 12.2 Å². The summed E-state index contributed by atoms with van der Waals surface area (Å²) < 4.78 is 7.23. The van der Waals surface area contributed by atoms with Gasteiger partial charge >= 0.3 is 6.03 Å². The zero-order chi connectivity index (χ0) is 26.4. The molecule has 1 atom stereocenters. The van der Waals surface area contributed by atoms with Gasteiger partial charge in [-0.3, -0.25) is 9.36 Å². The molecule has 0 bridgehead atoms. The summed E-state index contributed by atoms with van der Waals surface area (Å²) >= 11 is 0. The van der Waals surface area contributed by atoms with Crippen LogP contribution in [0, 0.1) is 6.92 Å². The van der Waals surface area contributed by atoms with Crippen LogP contribution in [-0.4, -0.2) is 34.1 Å². The fraction of sp³-hybridized carbons (Fsp3) is 0.300. The molecule has 0 aliphatic carbocycles. The highest BCUT2D eigenvalue weighted by molar-refractivity contribution is 5.90. The summed E-state index contributed by atoms with van der Waals surface area (Å²) in [5.41, 5.74) is 2.74. The van der Waals surface area contributed by atoms with Crippen molar-refractivity contribution in [3.05, 3.63) is 94.5 Å². The number of benzene rings is 3. The molecule has 1 N–H and O–H groups in total. The minimum atomic E-state index is -0.446. The lowest BCUT2D eigenvalue weighted by atomic mass is 10.1. The fourth-order valence-corrected chi connectivity index (χ4v) is 4.59. The maximum absolute atomic E-state index is 13.9. The molecule has 1 aromatic heterocycles. The topological polar surface area (TPSA) is 76.5 Å².